The van der Waals surface area contributed by atoms with Crippen molar-refractivity contribution in [1.29, 1.82) is 0 Å². The van der Waals surface area contributed by atoms with Crippen molar-refractivity contribution in [2.75, 3.05) is 0 Å². The molecular formula is C17H12FNO2. The number of aromatic amines is 1. The molecular weight excluding hydrogens is 269 g/mol. The van der Waals surface area contributed by atoms with Gasteiger partial charge in [-0.2, -0.15) is 0 Å². The lowest BCUT2D eigenvalue weighted by Gasteiger charge is -2.06. The van der Waals surface area contributed by atoms with Gasteiger partial charge in [0.25, 0.3) is 0 Å². The molecule has 0 amide bonds. The summed E-state index contributed by atoms with van der Waals surface area (Å²) in [5.41, 5.74) is 2.13. The van der Waals surface area contributed by atoms with Crippen LogP contribution in [0.3, 0.4) is 0 Å². The second-order valence-electron chi connectivity index (χ2n) is 4.86. The Morgan fingerprint density at radius 1 is 1.05 bits per heavy atom. The molecule has 0 atom stereocenters. The highest BCUT2D eigenvalue weighted by atomic mass is 19.1. The van der Waals surface area contributed by atoms with Crippen LogP contribution in [0.25, 0.3) is 21.9 Å². The monoisotopic (exact) mass is 281 g/mol. The first kappa shape index (κ1) is 12.0. The van der Waals surface area contributed by atoms with E-state index in [4.69, 9.17) is 9.15 Å². The molecule has 0 fully saturated rings. The molecule has 0 aliphatic carbocycles. The highest BCUT2D eigenvalue weighted by Gasteiger charge is 2.11. The first-order valence-electron chi connectivity index (χ1n) is 6.66. The molecule has 0 saturated carbocycles. The Morgan fingerprint density at radius 3 is 2.90 bits per heavy atom. The second kappa shape index (κ2) is 4.66. The normalized spacial score (nSPS) is 11.3. The molecule has 1 N–H and O–H groups in total. The van der Waals surface area contributed by atoms with Gasteiger partial charge in [-0.15, -0.1) is 0 Å². The first-order chi connectivity index (χ1) is 10.3. The molecule has 3 nitrogen and oxygen atoms in total. The van der Waals surface area contributed by atoms with Crippen molar-refractivity contribution in [3.63, 3.8) is 0 Å². The van der Waals surface area contributed by atoms with E-state index < -0.39 is 0 Å². The molecule has 0 saturated heterocycles. The minimum absolute atomic E-state index is 0.274. The van der Waals surface area contributed by atoms with Crippen LogP contribution in [-0.4, -0.2) is 4.98 Å². The summed E-state index contributed by atoms with van der Waals surface area (Å²) in [4.78, 5) is 3.14. The van der Waals surface area contributed by atoms with Crippen LogP contribution in [0.2, 0.25) is 0 Å². The van der Waals surface area contributed by atoms with E-state index in [0.717, 1.165) is 27.6 Å². The molecule has 104 valence electrons. The molecule has 4 heteroatoms. The summed E-state index contributed by atoms with van der Waals surface area (Å²) in [5.74, 6) is 0.436. The smallest absolute Gasteiger partial charge is 0.169 e. The molecule has 4 rings (SSSR count). The molecule has 0 aliphatic rings. The number of benzene rings is 2. The molecule has 2 aromatic heterocycles. The van der Waals surface area contributed by atoms with Crippen LogP contribution in [0.15, 0.2) is 59.3 Å². The lowest BCUT2D eigenvalue weighted by Crippen LogP contribution is -1.94. The van der Waals surface area contributed by atoms with Gasteiger partial charge in [0.2, 0.25) is 0 Å². The molecule has 0 bridgehead atoms. The Balaban J connectivity index is 1.67. The highest BCUT2D eigenvalue weighted by molar-refractivity contribution is 5.86. The summed E-state index contributed by atoms with van der Waals surface area (Å²) in [6.45, 7) is 0.334. The predicted molar refractivity (Wildman–Crippen MR) is 78.8 cm³/mol. The van der Waals surface area contributed by atoms with E-state index in [-0.39, 0.29) is 11.4 Å². The Bertz CT molecular complexity index is 923. The number of hydrogen-bond donors (Lipinski definition) is 1. The van der Waals surface area contributed by atoms with E-state index in [1.807, 2.05) is 36.5 Å². The van der Waals surface area contributed by atoms with Crippen LogP contribution in [0, 0.1) is 5.82 Å². The van der Waals surface area contributed by atoms with Crippen molar-refractivity contribution in [3.8, 4) is 5.75 Å². The SMILES string of the molecule is Fc1cccc2c(COc3cccc4[nH]ccc34)coc12. The summed E-state index contributed by atoms with van der Waals surface area (Å²) in [7, 11) is 0. The maximum absolute atomic E-state index is 13.6. The number of hydrogen-bond acceptors (Lipinski definition) is 2. The van der Waals surface area contributed by atoms with Crippen LogP contribution in [0.5, 0.6) is 5.75 Å². The third-order valence-corrected chi connectivity index (χ3v) is 3.57. The maximum Gasteiger partial charge on any atom is 0.169 e. The predicted octanol–water partition coefficient (Wildman–Crippen LogP) is 4.63. The summed E-state index contributed by atoms with van der Waals surface area (Å²) < 4.78 is 24.7. The number of para-hydroxylation sites is 1. The number of nitrogens with one attached hydrogen (secondary N) is 1. The average Bonchev–Trinajstić information content (AvgIpc) is 3.12. The number of H-pyrrole nitrogens is 1. The van der Waals surface area contributed by atoms with E-state index in [9.17, 15) is 4.39 Å². The van der Waals surface area contributed by atoms with Gasteiger partial charge in [0.15, 0.2) is 11.4 Å². The van der Waals surface area contributed by atoms with Crippen molar-refractivity contribution in [1.82, 2.24) is 4.98 Å². The van der Waals surface area contributed by atoms with Crippen LogP contribution in [0.1, 0.15) is 5.56 Å². The average molecular weight is 281 g/mol. The molecule has 0 unspecified atom stereocenters. The lowest BCUT2D eigenvalue weighted by atomic mass is 10.2. The van der Waals surface area contributed by atoms with Gasteiger partial charge in [0, 0.05) is 28.0 Å². The van der Waals surface area contributed by atoms with Gasteiger partial charge in [-0.3, -0.25) is 0 Å². The van der Waals surface area contributed by atoms with Gasteiger partial charge in [0.05, 0.1) is 6.26 Å². The molecule has 4 aromatic rings. The third-order valence-electron chi connectivity index (χ3n) is 3.57. The molecule has 2 aromatic carbocycles. The summed E-state index contributed by atoms with van der Waals surface area (Å²) in [6, 6.07) is 12.7. The van der Waals surface area contributed by atoms with E-state index in [2.05, 4.69) is 4.98 Å². The zero-order valence-corrected chi connectivity index (χ0v) is 11.1. The summed E-state index contributed by atoms with van der Waals surface area (Å²) in [6.07, 6.45) is 3.42. The topological polar surface area (TPSA) is 38.2 Å². The quantitative estimate of drug-likeness (QED) is 0.594. The van der Waals surface area contributed by atoms with Gasteiger partial charge in [-0.1, -0.05) is 18.2 Å². The van der Waals surface area contributed by atoms with Gasteiger partial charge < -0.3 is 14.1 Å². The third kappa shape index (κ3) is 1.96. The van der Waals surface area contributed by atoms with E-state index >= 15 is 0 Å². The van der Waals surface area contributed by atoms with E-state index in [0.29, 0.717) is 6.61 Å². The van der Waals surface area contributed by atoms with Gasteiger partial charge >= 0.3 is 0 Å². The number of halogens is 1. The van der Waals surface area contributed by atoms with Crippen LogP contribution in [-0.2, 0) is 6.61 Å². The Labute approximate surface area is 119 Å². The zero-order chi connectivity index (χ0) is 14.2. The first-order valence-corrected chi connectivity index (χ1v) is 6.66. The Morgan fingerprint density at radius 2 is 1.95 bits per heavy atom. The lowest BCUT2D eigenvalue weighted by molar-refractivity contribution is 0.310. The molecule has 0 spiro atoms. The summed E-state index contributed by atoms with van der Waals surface area (Å²) in [5, 5.41) is 1.77. The summed E-state index contributed by atoms with van der Waals surface area (Å²) >= 11 is 0. The second-order valence-corrected chi connectivity index (χ2v) is 4.86. The van der Waals surface area contributed by atoms with Crippen molar-refractivity contribution < 1.29 is 13.5 Å². The fourth-order valence-electron chi connectivity index (χ4n) is 2.52. The molecule has 21 heavy (non-hydrogen) atoms. The minimum atomic E-state index is -0.355. The Hall–Kier alpha value is -2.75. The highest BCUT2D eigenvalue weighted by Crippen LogP contribution is 2.28. The molecule has 2 heterocycles. The molecule has 0 aliphatic heterocycles. The van der Waals surface area contributed by atoms with Gasteiger partial charge in [-0.25, -0.2) is 4.39 Å². The number of rotatable bonds is 3. The minimum Gasteiger partial charge on any atom is -0.488 e. The van der Waals surface area contributed by atoms with Gasteiger partial charge in [-0.05, 0) is 24.3 Å². The number of aromatic nitrogens is 1. The molecule has 0 radical (unpaired) electrons. The Kier molecular flexibility index (Phi) is 2.67. The number of fused-ring (bicyclic) bond motifs is 2. The van der Waals surface area contributed by atoms with Crippen molar-refractivity contribution in [2.45, 2.75) is 6.61 Å². The van der Waals surface area contributed by atoms with E-state index in [1.54, 1.807) is 12.3 Å². The number of ether oxygens (including phenoxy) is 1. The van der Waals surface area contributed by atoms with E-state index in [1.165, 1.54) is 6.07 Å². The maximum atomic E-state index is 13.6. The van der Waals surface area contributed by atoms with Crippen LogP contribution in [0.4, 0.5) is 4.39 Å². The zero-order valence-electron chi connectivity index (χ0n) is 11.1. The van der Waals surface area contributed by atoms with Crippen molar-refractivity contribution in [2.24, 2.45) is 0 Å². The van der Waals surface area contributed by atoms with Crippen LogP contribution >= 0.6 is 0 Å². The fraction of sp³-hybridized carbons (Fsp3) is 0.0588. The number of furan rings is 1. The fourth-order valence-corrected chi connectivity index (χ4v) is 2.52. The largest absolute Gasteiger partial charge is 0.488 e. The standard InChI is InChI=1S/C17H12FNO2/c18-14-4-1-3-12-11(10-21-17(12)14)9-20-16-6-2-5-15-13(16)7-8-19-15/h1-8,10,19H,9H2. The van der Waals surface area contributed by atoms with Crippen molar-refractivity contribution >= 4 is 21.9 Å². The van der Waals surface area contributed by atoms with Crippen molar-refractivity contribution in [3.05, 3.63) is 66.3 Å². The van der Waals surface area contributed by atoms with Gasteiger partial charge in [0.1, 0.15) is 12.4 Å². The van der Waals surface area contributed by atoms with Crippen LogP contribution < -0.4 is 4.74 Å².